The first-order chi connectivity index (χ1) is 31.0. The molecule has 326 valence electrons. The summed E-state index contributed by atoms with van der Waals surface area (Å²) in [6.07, 6.45) is 12.5. The van der Waals surface area contributed by atoms with E-state index in [2.05, 4.69) is 62.2 Å². The van der Waals surface area contributed by atoms with Crippen molar-refractivity contribution < 1.29 is 24.9 Å². The first-order valence-corrected chi connectivity index (χ1v) is 22.2. The average Bonchev–Trinajstić information content (AvgIpc) is 3.72. The number of hydrogen-bond donors (Lipinski definition) is 7. The van der Waals surface area contributed by atoms with Crippen molar-refractivity contribution in [3.63, 3.8) is 0 Å². The fourth-order valence-corrected chi connectivity index (χ4v) is 8.95. The molecule has 64 heavy (non-hydrogen) atoms. The summed E-state index contributed by atoms with van der Waals surface area (Å²) in [5.41, 5.74) is 7.59. The van der Waals surface area contributed by atoms with Crippen LogP contribution in [-0.4, -0.2) is 82.0 Å². The maximum absolute atomic E-state index is 13.1. The predicted molar refractivity (Wildman–Crippen MR) is 247 cm³/mol. The number of hydrogen-bond acceptors (Lipinski definition) is 14. The van der Waals surface area contributed by atoms with Crippen molar-refractivity contribution in [2.75, 3.05) is 25.0 Å². The van der Waals surface area contributed by atoms with Gasteiger partial charge in [0.1, 0.15) is 11.7 Å². The molecule has 8 rings (SSSR count). The third-order valence-electron chi connectivity index (χ3n) is 10.3. The summed E-state index contributed by atoms with van der Waals surface area (Å²) in [7, 11) is 0. The minimum absolute atomic E-state index is 0.129. The Balaban J connectivity index is 0.884. The molecule has 7 N–H and O–H groups in total. The molecule has 16 nitrogen and oxygen atoms in total. The normalized spacial score (nSPS) is 13.6. The minimum atomic E-state index is -1.55. The number of rotatable bonds is 14. The number of allylic oxidation sites excluding steroid dienone is 1. The third-order valence-corrected chi connectivity index (χ3v) is 12.5. The molecular formula is C46H45N11O5S2. The molecule has 0 saturated heterocycles. The van der Waals surface area contributed by atoms with Gasteiger partial charge in [0.15, 0.2) is 16.8 Å². The van der Waals surface area contributed by atoms with Crippen LogP contribution in [0.4, 0.5) is 14.7 Å². The lowest BCUT2D eigenvalue weighted by Gasteiger charge is -2.22. The van der Waals surface area contributed by atoms with E-state index in [-0.39, 0.29) is 23.7 Å². The van der Waals surface area contributed by atoms with Crippen LogP contribution in [0.2, 0.25) is 0 Å². The van der Waals surface area contributed by atoms with E-state index in [1.165, 1.54) is 30.0 Å². The number of amides is 4. The lowest BCUT2D eigenvalue weighted by Crippen LogP contribution is -2.35. The van der Waals surface area contributed by atoms with Crippen LogP contribution in [0, 0.1) is 6.92 Å². The van der Waals surface area contributed by atoms with Gasteiger partial charge >= 0.3 is 12.1 Å². The number of benzene rings is 2. The minimum Gasteiger partial charge on any atom is -0.393 e. The number of nitrogens with one attached hydrogen (secondary N) is 4. The summed E-state index contributed by atoms with van der Waals surface area (Å²) in [4.78, 5) is 57.8. The molecule has 2 unspecified atom stereocenters. The largest absolute Gasteiger partial charge is 0.393 e. The molecule has 2 aromatic carbocycles. The molecule has 6 heterocycles. The summed E-state index contributed by atoms with van der Waals surface area (Å²) in [6.45, 7) is 5.57. The van der Waals surface area contributed by atoms with E-state index in [1.54, 1.807) is 37.2 Å². The number of thiazole rings is 1. The monoisotopic (exact) mass is 895 g/mol. The van der Waals surface area contributed by atoms with Crippen LogP contribution < -0.4 is 21.3 Å². The first kappa shape index (κ1) is 43.9. The number of aliphatic hydroxyl groups is 3. The number of aryl methyl sites for hydroxylation is 1. The molecule has 0 aliphatic carbocycles. The van der Waals surface area contributed by atoms with E-state index < -0.39 is 18.3 Å². The number of fused-ring (bicyclic) bond motifs is 2. The van der Waals surface area contributed by atoms with E-state index in [4.69, 9.17) is 0 Å². The van der Waals surface area contributed by atoms with Crippen molar-refractivity contribution in [3.05, 3.63) is 126 Å². The molecule has 18 heteroatoms. The summed E-state index contributed by atoms with van der Waals surface area (Å²) in [6, 6.07) is 16.9. The summed E-state index contributed by atoms with van der Waals surface area (Å²) in [5, 5.41) is 43.4. The fraction of sp³-hybridized carbons (Fsp3) is 0.239. The van der Waals surface area contributed by atoms with Gasteiger partial charge in [-0.05, 0) is 111 Å². The molecule has 0 fully saturated rings. The Morgan fingerprint density at radius 2 is 1.55 bits per heavy atom. The maximum atomic E-state index is 13.1. The Hall–Kier alpha value is -6.70. The van der Waals surface area contributed by atoms with Gasteiger partial charge < -0.3 is 31.3 Å². The lowest BCUT2D eigenvalue weighted by atomic mass is 9.97. The van der Waals surface area contributed by atoms with Gasteiger partial charge in [0.2, 0.25) is 0 Å². The smallest absolute Gasteiger partial charge is 0.321 e. The molecule has 0 saturated carbocycles. The molecule has 0 radical (unpaired) electrons. The van der Waals surface area contributed by atoms with Gasteiger partial charge in [-0.25, -0.2) is 34.5 Å². The van der Waals surface area contributed by atoms with Crippen LogP contribution in [-0.2, 0) is 12.0 Å². The van der Waals surface area contributed by atoms with Crippen molar-refractivity contribution in [1.82, 2.24) is 50.8 Å². The Labute approximate surface area is 376 Å². The summed E-state index contributed by atoms with van der Waals surface area (Å²) < 4.78 is 0.874. The summed E-state index contributed by atoms with van der Waals surface area (Å²) >= 11 is 2.81. The van der Waals surface area contributed by atoms with Gasteiger partial charge in [0.05, 0.1) is 33.2 Å². The molecule has 4 amide bonds. The number of urea groups is 2. The average molecular weight is 896 g/mol. The SMILES string of the molecule is CCNC(=O)Nc1nc2cc(-c3cnc(C(O)CCCNC(=O)NC4=CCc5cc(-c6cnc(C(C)(O)CO)nc6)cc(-c6ccccn6)c5S4)nc3)cc(-c3ccc(C)cn3)c2s1. The van der Waals surface area contributed by atoms with Gasteiger partial charge in [-0.3, -0.25) is 15.3 Å². The van der Waals surface area contributed by atoms with Gasteiger partial charge in [-0.15, -0.1) is 0 Å². The molecule has 1 aliphatic rings. The molecule has 0 spiro atoms. The quantitative estimate of drug-likeness (QED) is 0.0533. The predicted octanol–water partition coefficient (Wildman–Crippen LogP) is 7.29. The van der Waals surface area contributed by atoms with E-state index >= 15 is 0 Å². The summed E-state index contributed by atoms with van der Waals surface area (Å²) in [5.74, 6) is 0.398. The van der Waals surface area contributed by atoms with Gasteiger partial charge in [-0.1, -0.05) is 35.2 Å². The molecule has 2 atom stereocenters. The van der Waals surface area contributed by atoms with Crippen LogP contribution in [0.3, 0.4) is 0 Å². The number of aromatic nitrogens is 7. The van der Waals surface area contributed by atoms with Gasteiger partial charge in [0.25, 0.3) is 0 Å². The fourth-order valence-electron chi connectivity index (χ4n) is 6.91. The molecule has 1 aliphatic heterocycles. The number of anilines is 1. The van der Waals surface area contributed by atoms with Crippen molar-refractivity contribution in [2.45, 2.75) is 56.6 Å². The van der Waals surface area contributed by atoms with Crippen LogP contribution >= 0.6 is 23.1 Å². The second-order valence-electron chi connectivity index (χ2n) is 15.3. The molecule has 7 aromatic rings. The standard InChI is InChI=1S/C46H45N11O5S2/c1-4-47-43(60)57-45-55-36-19-29(18-33(40(36)64-45)35-12-10-26(2)20-50-35)30-21-51-41(52-22-30)37(59)9-7-15-49-44(61)56-38-13-11-27-16-28(31-23-53-42(54-24-31)46(3,62)25-58)17-32(39(27)63-38)34-8-5-6-14-48-34/h5-6,8,10,12-14,16-24,37,58-59,62H,4,7,9,11,15,25H2,1-3H3,(H2,49,56,61)(H2,47,55,57,60). The highest BCUT2D eigenvalue weighted by molar-refractivity contribution is 8.03. The zero-order valence-electron chi connectivity index (χ0n) is 35.2. The number of carbonyl (C=O) groups is 2. The highest BCUT2D eigenvalue weighted by atomic mass is 32.2. The Morgan fingerprint density at radius 3 is 2.25 bits per heavy atom. The Kier molecular flexibility index (Phi) is 13.3. The van der Waals surface area contributed by atoms with Crippen molar-refractivity contribution in [1.29, 1.82) is 0 Å². The van der Waals surface area contributed by atoms with Crippen LogP contribution in [0.25, 0.3) is 55.0 Å². The second kappa shape index (κ2) is 19.4. The lowest BCUT2D eigenvalue weighted by molar-refractivity contribution is -0.00969. The molecule has 0 bridgehead atoms. The van der Waals surface area contributed by atoms with Gasteiger partial charge in [0, 0.05) is 77.4 Å². The van der Waals surface area contributed by atoms with E-state index in [0.717, 1.165) is 65.5 Å². The zero-order chi connectivity index (χ0) is 44.8. The van der Waals surface area contributed by atoms with E-state index in [0.29, 0.717) is 48.0 Å². The first-order valence-electron chi connectivity index (χ1n) is 20.6. The third kappa shape index (κ3) is 10.1. The number of carbonyl (C=O) groups excluding carboxylic acids is 2. The van der Waals surface area contributed by atoms with Crippen LogP contribution in [0.15, 0.2) is 108 Å². The van der Waals surface area contributed by atoms with Crippen LogP contribution in [0.5, 0.6) is 0 Å². The Bertz CT molecular complexity index is 2820. The molecular weight excluding hydrogens is 851 g/mol. The Morgan fingerprint density at radius 1 is 0.828 bits per heavy atom. The number of thioether (sulfide) groups is 1. The number of nitrogens with zero attached hydrogens (tertiary/aromatic N) is 7. The van der Waals surface area contributed by atoms with Crippen molar-refractivity contribution in [3.8, 4) is 44.8 Å². The van der Waals surface area contributed by atoms with Crippen molar-refractivity contribution in [2.24, 2.45) is 0 Å². The zero-order valence-corrected chi connectivity index (χ0v) is 36.8. The highest BCUT2D eigenvalue weighted by Gasteiger charge is 2.26. The van der Waals surface area contributed by atoms with Gasteiger partial charge in [-0.2, -0.15) is 0 Å². The molecule has 5 aromatic heterocycles. The number of pyridine rings is 2. The van der Waals surface area contributed by atoms with Crippen LogP contribution in [0.1, 0.15) is 55.6 Å². The van der Waals surface area contributed by atoms with E-state index in [9.17, 15) is 24.9 Å². The number of aliphatic hydroxyl groups excluding tert-OH is 2. The highest BCUT2D eigenvalue weighted by Crippen LogP contribution is 2.43. The van der Waals surface area contributed by atoms with Crippen molar-refractivity contribution >= 4 is 50.5 Å². The topological polar surface area (TPSA) is 233 Å². The van der Waals surface area contributed by atoms with E-state index in [1.807, 2.05) is 68.5 Å². The maximum Gasteiger partial charge on any atom is 0.321 e. The second-order valence-corrected chi connectivity index (χ2v) is 17.3.